The van der Waals surface area contributed by atoms with Gasteiger partial charge in [-0.3, -0.25) is 0 Å². The van der Waals surface area contributed by atoms with E-state index in [1.54, 1.807) is 4.90 Å². The average Bonchev–Trinajstić information content (AvgIpc) is 2.39. The number of nitrogens with two attached hydrogens (primary N) is 1. The summed E-state index contributed by atoms with van der Waals surface area (Å²) in [7, 11) is 0. The molecule has 1 heterocycles. The van der Waals surface area contributed by atoms with Gasteiger partial charge < -0.3 is 15.4 Å². The third-order valence-corrected chi connectivity index (χ3v) is 3.45. The molecule has 4 heteroatoms. The monoisotopic (exact) mass is 262 g/mol. The van der Waals surface area contributed by atoms with E-state index in [0.29, 0.717) is 18.2 Å². The summed E-state index contributed by atoms with van der Waals surface area (Å²) >= 11 is 0. The molecular formula is C15H22N2O2. The second kappa shape index (κ2) is 6.06. The van der Waals surface area contributed by atoms with Gasteiger partial charge >= 0.3 is 6.09 Å². The van der Waals surface area contributed by atoms with Crippen LogP contribution >= 0.6 is 0 Å². The van der Waals surface area contributed by atoms with Crippen molar-refractivity contribution < 1.29 is 9.53 Å². The minimum atomic E-state index is -0.289. The number of hydrogen-bond acceptors (Lipinski definition) is 3. The number of carbonyl (C=O) groups excluding carboxylic acids is 1. The zero-order chi connectivity index (χ0) is 13.8. The Morgan fingerprint density at radius 2 is 2.16 bits per heavy atom. The van der Waals surface area contributed by atoms with Crippen LogP contribution in [0.4, 0.5) is 4.79 Å². The van der Waals surface area contributed by atoms with E-state index in [4.69, 9.17) is 10.5 Å². The fourth-order valence-electron chi connectivity index (χ4n) is 2.38. The number of nitrogens with zero attached hydrogens (tertiary/aromatic N) is 1. The maximum absolute atomic E-state index is 12.1. The number of likely N-dealkylation sites (tertiary alicyclic amines) is 1. The van der Waals surface area contributed by atoms with Gasteiger partial charge in [-0.05, 0) is 30.4 Å². The van der Waals surface area contributed by atoms with Gasteiger partial charge in [-0.15, -0.1) is 0 Å². The van der Waals surface area contributed by atoms with Gasteiger partial charge in [0, 0.05) is 19.1 Å². The highest BCUT2D eigenvalue weighted by atomic mass is 16.6. The topological polar surface area (TPSA) is 55.6 Å². The Labute approximate surface area is 114 Å². The highest BCUT2D eigenvalue weighted by molar-refractivity contribution is 5.71. The number of piperidine rings is 1. The quantitative estimate of drug-likeness (QED) is 0.891. The van der Waals surface area contributed by atoms with E-state index in [9.17, 15) is 4.79 Å². The van der Waals surface area contributed by atoms with E-state index in [0.717, 1.165) is 24.9 Å². The highest BCUT2D eigenvalue weighted by Gasteiger charge is 2.23. The van der Waals surface area contributed by atoms with Crippen molar-refractivity contribution in [2.45, 2.75) is 38.6 Å². The summed E-state index contributed by atoms with van der Waals surface area (Å²) in [6.45, 7) is 5.49. The van der Waals surface area contributed by atoms with E-state index in [1.165, 1.54) is 0 Å². The van der Waals surface area contributed by atoms with Gasteiger partial charge in [0.2, 0.25) is 0 Å². The SMILES string of the molecule is CC(C)c1ccccc1OC(=O)N1CCCC(N)C1. The molecule has 0 spiro atoms. The summed E-state index contributed by atoms with van der Waals surface area (Å²) in [6, 6.07) is 7.76. The molecule has 4 nitrogen and oxygen atoms in total. The first-order valence-electron chi connectivity index (χ1n) is 6.89. The number of rotatable bonds is 2. The first-order chi connectivity index (χ1) is 9.08. The lowest BCUT2D eigenvalue weighted by atomic mass is 10.0. The molecule has 2 rings (SSSR count). The minimum absolute atomic E-state index is 0.0710. The molecule has 1 aliphatic rings. The third kappa shape index (κ3) is 3.47. The Bertz CT molecular complexity index is 446. The van der Waals surface area contributed by atoms with Crippen LogP contribution in [0.5, 0.6) is 5.75 Å². The predicted molar refractivity (Wildman–Crippen MR) is 75.3 cm³/mol. The van der Waals surface area contributed by atoms with E-state index >= 15 is 0 Å². The molecule has 19 heavy (non-hydrogen) atoms. The van der Waals surface area contributed by atoms with Crippen molar-refractivity contribution in [3.8, 4) is 5.75 Å². The molecule has 0 aromatic heterocycles. The van der Waals surface area contributed by atoms with Crippen molar-refractivity contribution in [3.05, 3.63) is 29.8 Å². The molecule has 1 aromatic carbocycles. The van der Waals surface area contributed by atoms with Crippen LogP contribution in [0.1, 0.15) is 38.2 Å². The third-order valence-electron chi connectivity index (χ3n) is 3.45. The van der Waals surface area contributed by atoms with Gasteiger partial charge in [0.25, 0.3) is 0 Å². The van der Waals surface area contributed by atoms with Crippen LogP contribution in [0.2, 0.25) is 0 Å². The molecule has 1 unspecified atom stereocenters. The van der Waals surface area contributed by atoms with Crippen LogP contribution in [0.15, 0.2) is 24.3 Å². The molecule has 0 saturated carbocycles. The maximum atomic E-state index is 12.1. The van der Waals surface area contributed by atoms with E-state index in [2.05, 4.69) is 13.8 Å². The van der Waals surface area contributed by atoms with E-state index in [1.807, 2.05) is 24.3 Å². The Kier molecular flexibility index (Phi) is 4.43. The molecule has 1 amide bonds. The number of benzene rings is 1. The molecule has 1 atom stereocenters. The molecule has 0 bridgehead atoms. The van der Waals surface area contributed by atoms with Crippen LogP contribution in [0, 0.1) is 0 Å². The molecule has 1 saturated heterocycles. The van der Waals surface area contributed by atoms with Gasteiger partial charge in [0.15, 0.2) is 0 Å². The van der Waals surface area contributed by atoms with Crippen LogP contribution in [0.3, 0.4) is 0 Å². The van der Waals surface area contributed by atoms with Crippen molar-refractivity contribution >= 4 is 6.09 Å². The first kappa shape index (κ1) is 13.9. The summed E-state index contributed by atoms with van der Waals surface area (Å²) < 4.78 is 5.53. The Morgan fingerprint density at radius 1 is 1.42 bits per heavy atom. The first-order valence-corrected chi connectivity index (χ1v) is 6.89. The largest absolute Gasteiger partial charge is 0.415 e. The summed E-state index contributed by atoms with van der Waals surface area (Å²) in [5.74, 6) is 0.981. The van der Waals surface area contributed by atoms with E-state index in [-0.39, 0.29) is 12.1 Å². The Balaban J connectivity index is 2.06. The summed E-state index contributed by atoms with van der Waals surface area (Å²) in [5.41, 5.74) is 6.94. The van der Waals surface area contributed by atoms with Crippen molar-refractivity contribution in [3.63, 3.8) is 0 Å². The van der Waals surface area contributed by atoms with Crippen molar-refractivity contribution in [2.24, 2.45) is 5.73 Å². The lowest BCUT2D eigenvalue weighted by Crippen LogP contribution is -2.46. The van der Waals surface area contributed by atoms with Crippen LogP contribution in [-0.2, 0) is 0 Å². The van der Waals surface area contributed by atoms with Gasteiger partial charge in [0.05, 0.1) is 0 Å². The molecule has 2 N–H and O–H groups in total. The number of para-hydroxylation sites is 1. The van der Waals surface area contributed by atoms with Gasteiger partial charge in [-0.25, -0.2) is 4.79 Å². The molecule has 1 fully saturated rings. The summed E-state index contributed by atoms with van der Waals surface area (Å²) in [6.07, 6.45) is 1.64. The molecule has 0 aliphatic carbocycles. The zero-order valence-corrected chi connectivity index (χ0v) is 11.6. The lowest BCUT2D eigenvalue weighted by Gasteiger charge is -2.30. The smallest absolute Gasteiger partial charge is 0.410 e. The second-order valence-electron chi connectivity index (χ2n) is 5.41. The van der Waals surface area contributed by atoms with E-state index < -0.39 is 0 Å². The Morgan fingerprint density at radius 3 is 2.84 bits per heavy atom. The second-order valence-corrected chi connectivity index (χ2v) is 5.41. The van der Waals surface area contributed by atoms with Gasteiger partial charge in [-0.1, -0.05) is 32.0 Å². The summed E-state index contributed by atoms with van der Waals surface area (Å²) in [4.78, 5) is 13.8. The number of carbonyl (C=O) groups is 1. The molecule has 1 aromatic rings. The fourth-order valence-corrected chi connectivity index (χ4v) is 2.38. The van der Waals surface area contributed by atoms with Gasteiger partial charge in [-0.2, -0.15) is 0 Å². The summed E-state index contributed by atoms with van der Waals surface area (Å²) in [5, 5.41) is 0. The van der Waals surface area contributed by atoms with Crippen molar-refractivity contribution in [2.75, 3.05) is 13.1 Å². The number of ether oxygens (including phenoxy) is 1. The van der Waals surface area contributed by atoms with Crippen LogP contribution in [0.25, 0.3) is 0 Å². The fraction of sp³-hybridized carbons (Fsp3) is 0.533. The van der Waals surface area contributed by atoms with Gasteiger partial charge in [0.1, 0.15) is 5.75 Å². The standard InChI is InChI=1S/C15H22N2O2/c1-11(2)13-7-3-4-8-14(13)19-15(18)17-9-5-6-12(16)10-17/h3-4,7-8,11-12H,5-6,9-10,16H2,1-2H3. The van der Waals surface area contributed by atoms with Crippen LogP contribution < -0.4 is 10.5 Å². The average molecular weight is 262 g/mol. The lowest BCUT2D eigenvalue weighted by molar-refractivity contribution is 0.137. The maximum Gasteiger partial charge on any atom is 0.415 e. The predicted octanol–water partition coefficient (Wildman–Crippen LogP) is 2.73. The van der Waals surface area contributed by atoms with Crippen LogP contribution in [-0.4, -0.2) is 30.1 Å². The number of hydrogen-bond donors (Lipinski definition) is 1. The normalized spacial score (nSPS) is 19.6. The number of amides is 1. The minimum Gasteiger partial charge on any atom is -0.410 e. The molecular weight excluding hydrogens is 240 g/mol. The van der Waals surface area contributed by atoms with Crippen molar-refractivity contribution in [1.29, 1.82) is 0 Å². The molecule has 1 aliphatic heterocycles. The Hall–Kier alpha value is -1.55. The molecule has 0 radical (unpaired) electrons. The zero-order valence-electron chi connectivity index (χ0n) is 11.6. The molecule has 104 valence electrons. The highest BCUT2D eigenvalue weighted by Crippen LogP contribution is 2.26. The van der Waals surface area contributed by atoms with Crippen molar-refractivity contribution in [1.82, 2.24) is 4.90 Å².